The summed E-state index contributed by atoms with van der Waals surface area (Å²) < 4.78 is 10.6. The lowest BCUT2D eigenvalue weighted by atomic mass is 10.1. The summed E-state index contributed by atoms with van der Waals surface area (Å²) >= 11 is 0. The number of esters is 1. The molecule has 0 aliphatic carbocycles. The summed E-state index contributed by atoms with van der Waals surface area (Å²) in [6.45, 7) is 3.26. The van der Waals surface area contributed by atoms with Crippen molar-refractivity contribution in [1.29, 1.82) is 0 Å². The van der Waals surface area contributed by atoms with Gasteiger partial charge in [-0.2, -0.15) is 0 Å². The first-order valence-corrected chi connectivity index (χ1v) is 7.33. The van der Waals surface area contributed by atoms with Crippen molar-refractivity contribution in [3.05, 3.63) is 65.7 Å². The average molecular weight is 310 g/mol. The van der Waals surface area contributed by atoms with Crippen LogP contribution in [0.3, 0.4) is 0 Å². The molecule has 0 unspecified atom stereocenters. The van der Waals surface area contributed by atoms with Gasteiger partial charge in [0.1, 0.15) is 17.1 Å². The molecule has 2 aromatic carbocycles. The van der Waals surface area contributed by atoms with Crippen molar-refractivity contribution in [1.82, 2.24) is 0 Å². The molecule has 0 aromatic heterocycles. The summed E-state index contributed by atoms with van der Waals surface area (Å²) in [7, 11) is 0. The normalized spacial score (nSPS) is 11.0. The van der Waals surface area contributed by atoms with Crippen LogP contribution in [-0.2, 0) is 14.3 Å². The number of benzene rings is 2. The molecule has 0 saturated heterocycles. The summed E-state index contributed by atoms with van der Waals surface area (Å²) in [5.41, 5.74) is 0.709. The third-order valence-electron chi connectivity index (χ3n) is 3.02. The molecule has 118 valence electrons. The van der Waals surface area contributed by atoms with E-state index in [1.807, 2.05) is 36.4 Å². The number of rotatable bonds is 6. The van der Waals surface area contributed by atoms with Gasteiger partial charge in [-0.25, -0.2) is 4.79 Å². The van der Waals surface area contributed by atoms with Crippen molar-refractivity contribution >= 4 is 17.8 Å². The monoisotopic (exact) mass is 310 g/mol. The number of Topliss-reactive ketones (excluding diaryl/α,β-unsaturated/α-hetero) is 1. The van der Waals surface area contributed by atoms with Gasteiger partial charge in [-0.3, -0.25) is 4.79 Å². The Bertz CT molecular complexity index is 717. The zero-order valence-electron chi connectivity index (χ0n) is 13.1. The van der Waals surface area contributed by atoms with E-state index >= 15 is 0 Å². The molecular formula is C19H18O4. The largest absolute Gasteiger partial charge is 0.462 e. The number of para-hydroxylation sites is 1. The molecule has 2 aromatic rings. The molecule has 0 heterocycles. The molecule has 0 atom stereocenters. The maximum Gasteiger partial charge on any atom is 0.341 e. The van der Waals surface area contributed by atoms with E-state index < -0.39 is 5.97 Å². The molecule has 0 amide bonds. The van der Waals surface area contributed by atoms with Gasteiger partial charge < -0.3 is 9.47 Å². The van der Waals surface area contributed by atoms with Gasteiger partial charge in [0.25, 0.3) is 0 Å². The number of carbonyl (C=O) groups excluding carboxylic acids is 2. The predicted octanol–water partition coefficient (Wildman–Crippen LogP) is 4.01. The fraction of sp³-hybridized carbons (Fsp3) is 0.158. The Morgan fingerprint density at radius 2 is 1.70 bits per heavy atom. The molecule has 0 radical (unpaired) electrons. The number of carbonyl (C=O) groups is 2. The van der Waals surface area contributed by atoms with E-state index in [0.717, 1.165) is 0 Å². The maximum absolute atomic E-state index is 11.8. The highest BCUT2D eigenvalue weighted by atomic mass is 16.5. The Hall–Kier alpha value is -2.88. The third kappa shape index (κ3) is 4.81. The van der Waals surface area contributed by atoms with Crippen LogP contribution in [0.25, 0.3) is 6.08 Å². The first-order chi connectivity index (χ1) is 11.1. The van der Waals surface area contributed by atoms with Gasteiger partial charge in [-0.15, -0.1) is 0 Å². The van der Waals surface area contributed by atoms with E-state index in [1.54, 1.807) is 25.1 Å². The van der Waals surface area contributed by atoms with Gasteiger partial charge in [-0.1, -0.05) is 30.3 Å². The minimum absolute atomic E-state index is 0.0173. The first kappa shape index (κ1) is 16.5. The minimum Gasteiger partial charge on any atom is -0.462 e. The Morgan fingerprint density at radius 3 is 2.35 bits per heavy atom. The van der Waals surface area contributed by atoms with Crippen LogP contribution in [0.2, 0.25) is 0 Å². The Kier molecular flexibility index (Phi) is 5.69. The third-order valence-corrected chi connectivity index (χ3v) is 3.02. The number of ether oxygens (including phenoxy) is 2. The molecule has 23 heavy (non-hydrogen) atoms. The lowest BCUT2D eigenvalue weighted by Gasteiger charge is -2.07. The van der Waals surface area contributed by atoms with Gasteiger partial charge in [0.15, 0.2) is 5.78 Å². The molecule has 0 aliphatic rings. The zero-order valence-corrected chi connectivity index (χ0v) is 13.1. The molecule has 0 aliphatic heterocycles. The van der Waals surface area contributed by atoms with Crippen LogP contribution in [0.5, 0.6) is 11.5 Å². The average Bonchev–Trinajstić information content (AvgIpc) is 2.54. The van der Waals surface area contributed by atoms with Crippen molar-refractivity contribution in [3.8, 4) is 11.5 Å². The van der Waals surface area contributed by atoms with E-state index in [9.17, 15) is 9.59 Å². The van der Waals surface area contributed by atoms with Crippen LogP contribution < -0.4 is 4.74 Å². The van der Waals surface area contributed by atoms with E-state index in [4.69, 9.17) is 9.47 Å². The molecule has 2 rings (SSSR count). The molecule has 0 N–H and O–H groups in total. The van der Waals surface area contributed by atoms with Gasteiger partial charge in [-0.05, 0) is 49.8 Å². The van der Waals surface area contributed by atoms with E-state index in [2.05, 4.69) is 0 Å². The second kappa shape index (κ2) is 7.94. The molecule has 0 spiro atoms. The first-order valence-electron chi connectivity index (χ1n) is 7.33. The van der Waals surface area contributed by atoms with Crippen molar-refractivity contribution in [2.45, 2.75) is 13.8 Å². The van der Waals surface area contributed by atoms with Gasteiger partial charge in [0.05, 0.1) is 6.61 Å². The Labute approximate surface area is 135 Å². The minimum atomic E-state index is -0.616. The second-order valence-electron chi connectivity index (χ2n) is 4.82. The lowest BCUT2D eigenvalue weighted by Crippen LogP contribution is -2.13. The molecular weight excluding hydrogens is 292 g/mol. The van der Waals surface area contributed by atoms with Crippen LogP contribution >= 0.6 is 0 Å². The summed E-state index contributed by atoms with van der Waals surface area (Å²) in [5.74, 6) is 0.384. The van der Waals surface area contributed by atoms with Crippen LogP contribution in [0.4, 0.5) is 0 Å². The quantitative estimate of drug-likeness (QED) is 0.350. The predicted molar refractivity (Wildman–Crippen MR) is 88.2 cm³/mol. The summed E-state index contributed by atoms with van der Waals surface area (Å²) in [6.07, 6.45) is 1.51. The van der Waals surface area contributed by atoms with Crippen LogP contribution in [-0.4, -0.2) is 18.4 Å². The van der Waals surface area contributed by atoms with Crippen LogP contribution in [0, 0.1) is 0 Å². The summed E-state index contributed by atoms with van der Waals surface area (Å²) in [6, 6.07) is 16.5. The van der Waals surface area contributed by atoms with Crippen molar-refractivity contribution in [2.75, 3.05) is 6.61 Å². The molecule has 0 fully saturated rings. The number of hydrogen-bond donors (Lipinski definition) is 0. The topological polar surface area (TPSA) is 52.6 Å². The van der Waals surface area contributed by atoms with Crippen molar-refractivity contribution in [3.63, 3.8) is 0 Å². The highest BCUT2D eigenvalue weighted by Gasteiger charge is 2.15. The molecule has 4 nitrogen and oxygen atoms in total. The molecule has 0 saturated carbocycles. The fourth-order valence-electron chi connectivity index (χ4n) is 1.97. The highest BCUT2D eigenvalue weighted by Crippen LogP contribution is 2.23. The number of ketones is 1. The molecule has 4 heteroatoms. The Balaban J connectivity index is 2.25. The lowest BCUT2D eigenvalue weighted by molar-refractivity contribution is -0.139. The smallest absolute Gasteiger partial charge is 0.341 e. The summed E-state index contributed by atoms with van der Waals surface area (Å²) in [5, 5.41) is 0. The van der Waals surface area contributed by atoms with Gasteiger partial charge in [0.2, 0.25) is 0 Å². The maximum atomic E-state index is 11.8. The van der Waals surface area contributed by atoms with Crippen LogP contribution in [0.1, 0.15) is 19.4 Å². The van der Waals surface area contributed by atoms with Crippen molar-refractivity contribution < 1.29 is 19.1 Å². The molecule has 0 bridgehead atoms. The second-order valence-corrected chi connectivity index (χ2v) is 4.82. The summed E-state index contributed by atoms with van der Waals surface area (Å²) in [4.78, 5) is 23.5. The van der Waals surface area contributed by atoms with E-state index in [-0.39, 0.29) is 18.0 Å². The van der Waals surface area contributed by atoms with Crippen molar-refractivity contribution in [2.24, 2.45) is 0 Å². The van der Waals surface area contributed by atoms with Gasteiger partial charge in [0, 0.05) is 0 Å². The highest BCUT2D eigenvalue weighted by molar-refractivity contribution is 6.19. The van der Waals surface area contributed by atoms with E-state index in [1.165, 1.54) is 13.0 Å². The number of hydrogen-bond acceptors (Lipinski definition) is 4. The zero-order chi connectivity index (χ0) is 16.7. The SMILES string of the molecule is CCOC(=O)/C(=C/c1cccc(Oc2ccccc2)c1)C(C)=O. The van der Waals surface area contributed by atoms with E-state index in [0.29, 0.717) is 17.1 Å². The standard InChI is InChI=1S/C19H18O4/c1-3-22-19(21)18(14(2)20)13-15-8-7-11-17(12-15)23-16-9-5-4-6-10-16/h4-13H,3H2,1-2H3/b18-13+. The van der Waals surface area contributed by atoms with Gasteiger partial charge >= 0.3 is 5.97 Å². The van der Waals surface area contributed by atoms with Crippen LogP contribution in [0.15, 0.2) is 60.2 Å². The Morgan fingerprint density at radius 1 is 1.00 bits per heavy atom. The fourth-order valence-corrected chi connectivity index (χ4v) is 1.97.